The minimum Gasteiger partial charge on any atom is -0.444 e. The van der Waals surface area contributed by atoms with Gasteiger partial charge in [-0.2, -0.15) is 0 Å². The lowest BCUT2D eigenvalue weighted by molar-refractivity contribution is -0.384. The van der Waals surface area contributed by atoms with Crippen molar-refractivity contribution in [3.8, 4) is 0 Å². The molecule has 7 nitrogen and oxygen atoms in total. The molecule has 1 fully saturated rings. The zero-order valence-corrected chi connectivity index (χ0v) is 12.9. The number of nitro benzene ring substituents is 1. The second-order valence-corrected chi connectivity index (χ2v) is 6.25. The van der Waals surface area contributed by atoms with Gasteiger partial charge in [0, 0.05) is 12.1 Å². The Morgan fingerprint density at radius 2 is 2.05 bits per heavy atom. The van der Waals surface area contributed by atoms with E-state index in [2.05, 4.69) is 5.32 Å². The summed E-state index contributed by atoms with van der Waals surface area (Å²) in [6, 6.07) is 6.06. The maximum absolute atomic E-state index is 11.9. The number of rotatable bonds is 5. The molecule has 7 heteroatoms. The van der Waals surface area contributed by atoms with Crippen molar-refractivity contribution >= 4 is 11.8 Å². The first-order chi connectivity index (χ1) is 10.2. The van der Waals surface area contributed by atoms with Gasteiger partial charge in [0.2, 0.25) is 0 Å². The van der Waals surface area contributed by atoms with E-state index in [1.165, 1.54) is 12.1 Å². The molecule has 120 valence electrons. The maximum atomic E-state index is 11.9. The highest BCUT2D eigenvalue weighted by molar-refractivity contribution is 5.68. The first kappa shape index (κ1) is 16.2. The van der Waals surface area contributed by atoms with Gasteiger partial charge < -0.3 is 14.8 Å². The molecule has 1 aromatic rings. The summed E-state index contributed by atoms with van der Waals surface area (Å²) >= 11 is 0. The molecule has 0 bridgehead atoms. The van der Waals surface area contributed by atoms with Crippen molar-refractivity contribution in [3.63, 3.8) is 0 Å². The molecule has 1 aliphatic heterocycles. The van der Waals surface area contributed by atoms with Gasteiger partial charge in [0.25, 0.3) is 5.69 Å². The number of nitro groups is 1. The van der Waals surface area contributed by atoms with Gasteiger partial charge in [0.15, 0.2) is 0 Å². The van der Waals surface area contributed by atoms with Gasteiger partial charge in [-0.3, -0.25) is 10.1 Å². The zero-order chi connectivity index (χ0) is 16.3. The number of non-ortho nitro benzene ring substituents is 1. The second-order valence-electron chi connectivity index (χ2n) is 6.25. The highest BCUT2D eigenvalue weighted by Crippen LogP contribution is 2.20. The summed E-state index contributed by atoms with van der Waals surface area (Å²) < 4.78 is 10.5. The molecule has 1 aliphatic rings. The number of alkyl carbamates (subject to hydrolysis) is 1. The molecule has 0 aliphatic carbocycles. The number of amides is 1. The van der Waals surface area contributed by atoms with Gasteiger partial charge in [0.1, 0.15) is 11.7 Å². The van der Waals surface area contributed by atoms with Gasteiger partial charge in [0.05, 0.1) is 17.6 Å². The average Bonchev–Trinajstić information content (AvgIpc) is 3.20. The van der Waals surface area contributed by atoms with Crippen molar-refractivity contribution in [1.82, 2.24) is 5.32 Å². The number of carbonyl (C=O) groups is 1. The molecule has 0 radical (unpaired) electrons. The topological polar surface area (TPSA) is 94.0 Å². The predicted octanol–water partition coefficient (Wildman–Crippen LogP) is 2.43. The van der Waals surface area contributed by atoms with Crippen LogP contribution in [-0.2, 0) is 15.9 Å². The Kier molecular flexibility index (Phi) is 4.65. The molecular formula is C15H20N2O5. The number of epoxide rings is 1. The van der Waals surface area contributed by atoms with Crippen LogP contribution in [-0.4, -0.2) is 35.4 Å². The first-order valence-corrected chi connectivity index (χ1v) is 7.09. The monoisotopic (exact) mass is 308 g/mol. The van der Waals surface area contributed by atoms with E-state index in [9.17, 15) is 14.9 Å². The van der Waals surface area contributed by atoms with E-state index in [4.69, 9.17) is 9.47 Å². The van der Waals surface area contributed by atoms with E-state index in [0.29, 0.717) is 13.0 Å². The fourth-order valence-electron chi connectivity index (χ4n) is 2.03. The van der Waals surface area contributed by atoms with Crippen molar-refractivity contribution in [3.05, 3.63) is 39.9 Å². The molecule has 0 aromatic heterocycles. The number of hydrogen-bond acceptors (Lipinski definition) is 5. The van der Waals surface area contributed by atoms with Crippen LogP contribution in [0.4, 0.5) is 10.5 Å². The van der Waals surface area contributed by atoms with E-state index < -0.39 is 16.6 Å². The highest BCUT2D eigenvalue weighted by Gasteiger charge is 2.35. The summed E-state index contributed by atoms with van der Waals surface area (Å²) in [6.07, 6.45) is -0.000313. The SMILES string of the molecule is CC(C)(C)OC(=O)N[C@@H](Cc1ccc([N+](=O)[O-])cc1)[C@@H]1CO1. The second kappa shape index (κ2) is 6.31. The maximum Gasteiger partial charge on any atom is 0.407 e. The van der Waals surface area contributed by atoms with Gasteiger partial charge in [-0.1, -0.05) is 12.1 Å². The first-order valence-electron chi connectivity index (χ1n) is 7.09. The molecule has 0 saturated carbocycles. The summed E-state index contributed by atoms with van der Waals surface area (Å²) in [6.45, 7) is 5.98. The van der Waals surface area contributed by atoms with E-state index >= 15 is 0 Å². The van der Waals surface area contributed by atoms with Crippen LogP contribution in [0.3, 0.4) is 0 Å². The average molecular weight is 308 g/mol. The molecule has 0 spiro atoms. The summed E-state index contributed by atoms with van der Waals surface area (Å²) in [4.78, 5) is 22.1. The fraction of sp³-hybridized carbons (Fsp3) is 0.533. The van der Waals surface area contributed by atoms with Crippen molar-refractivity contribution in [2.75, 3.05) is 6.61 Å². The van der Waals surface area contributed by atoms with Crippen LogP contribution in [0.2, 0.25) is 0 Å². The lowest BCUT2D eigenvalue weighted by atomic mass is 10.0. The summed E-state index contributed by atoms with van der Waals surface area (Å²) in [5, 5.41) is 13.4. The summed E-state index contributed by atoms with van der Waals surface area (Å²) in [5.74, 6) is 0. The number of ether oxygens (including phenoxy) is 2. The van der Waals surface area contributed by atoms with E-state index in [1.807, 2.05) is 0 Å². The molecule has 0 unspecified atom stereocenters. The number of benzene rings is 1. The standard InChI is InChI=1S/C15H20N2O5/c1-15(2,3)22-14(18)16-12(13-9-21-13)8-10-4-6-11(7-5-10)17(19)20/h4-7,12-13H,8-9H2,1-3H3,(H,16,18)/t12-,13-/m0/s1. The molecule has 1 amide bonds. The molecule has 1 heterocycles. The third-order valence-corrected chi connectivity index (χ3v) is 3.11. The predicted molar refractivity (Wildman–Crippen MR) is 79.7 cm³/mol. The number of hydrogen-bond donors (Lipinski definition) is 1. The summed E-state index contributed by atoms with van der Waals surface area (Å²) in [7, 11) is 0. The molecular weight excluding hydrogens is 288 g/mol. The Morgan fingerprint density at radius 1 is 1.45 bits per heavy atom. The Balaban J connectivity index is 1.97. The third kappa shape index (κ3) is 5.00. The Bertz CT molecular complexity index is 546. The minimum atomic E-state index is -0.563. The highest BCUT2D eigenvalue weighted by atomic mass is 16.6. The number of carbonyl (C=O) groups excluding carboxylic acids is 1. The lowest BCUT2D eigenvalue weighted by Gasteiger charge is -2.23. The number of nitrogens with zero attached hydrogens (tertiary/aromatic N) is 1. The number of nitrogens with one attached hydrogen (secondary N) is 1. The van der Waals surface area contributed by atoms with Crippen molar-refractivity contribution in [2.45, 2.75) is 44.9 Å². The van der Waals surface area contributed by atoms with E-state index in [1.54, 1.807) is 32.9 Å². The zero-order valence-electron chi connectivity index (χ0n) is 12.9. The van der Waals surface area contributed by atoms with Crippen molar-refractivity contribution in [1.29, 1.82) is 0 Å². The molecule has 1 N–H and O–H groups in total. The molecule has 22 heavy (non-hydrogen) atoms. The minimum absolute atomic E-state index is 0.0392. The van der Waals surface area contributed by atoms with Crippen LogP contribution in [0.5, 0.6) is 0 Å². The quantitative estimate of drug-likeness (QED) is 0.512. The molecule has 1 saturated heterocycles. The van der Waals surface area contributed by atoms with Crippen LogP contribution >= 0.6 is 0 Å². The van der Waals surface area contributed by atoms with Gasteiger partial charge in [-0.05, 0) is 32.8 Å². The van der Waals surface area contributed by atoms with Gasteiger partial charge >= 0.3 is 6.09 Å². The smallest absolute Gasteiger partial charge is 0.407 e. The van der Waals surface area contributed by atoms with Gasteiger partial charge in [-0.15, -0.1) is 0 Å². The Hall–Kier alpha value is -2.15. The Labute approximate surface area is 128 Å². The summed E-state index contributed by atoms with van der Waals surface area (Å²) in [5.41, 5.74) is 0.372. The van der Waals surface area contributed by atoms with Gasteiger partial charge in [-0.25, -0.2) is 4.79 Å². The largest absolute Gasteiger partial charge is 0.444 e. The van der Waals surface area contributed by atoms with Crippen LogP contribution in [0.25, 0.3) is 0 Å². The van der Waals surface area contributed by atoms with Crippen molar-refractivity contribution in [2.24, 2.45) is 0 Å². The van der Waals surface area contributed by atoms with Crippen LogP contribution in [0.1, 0.15) is 26.3 Å². The van der Waals surface area contributed by atoms with E-state index in [-0.39, 0.29) is 17.8 Å². The lowest BCUT2D eigenvalue weighted by Crippen LogP contribution is -2.43. The third-order valence-electron chi connectivity index (χ3n) is 3.11. The molecule has 1 aromatic carbocycles. The van der Waals surface area contributed by atoms with E-state index in [0.717, 1.165) is 5.56 Å². The normalized spacial score (nSPS) is 18.4. The molecule has 2 rings (SSSR count). The Morgan fingerprint density at radius 3 is 2.50 bits per heavy atom. The fourth-order valence-corrected chi connectivity index (χ4v) is 2.03. The van der Waals surface area contributed by atoms with Crippen LogP contribution < -0.4 is 5.32 Å². The van der Waals surface area contributed by atoms with Crippen molar-refractivity contribution < 1.29 is 19.2 Å². The molecule has 2 atom stereocenters. The van der Waals surface area contributed by atoms with Crippen LogP contribution in [0, 0.1) is 10.1 Å². The van der Waals surface area contributed by atoms with Crippen LogP contribution in [0.15, 0.2) is 24.3 Å².